The third-order valence-electron chi connectivity index (χ3n) is 4.68. The first kappa shape index (κ1) is 19.7. The van der Waals surface area contributed by atoms with Crippen molar-refractivity contribution in [3.8, 4) is 22.9 Å². The number of benzene rings is 2. The van der Waals surface area contributed by atoms with Gasteiger partial charge >= 0.3 is 0 Å². The van der Waals surface area contributed by atoms with Crippen molar-refractivity contribution in [2.75, 3.05) is 39.5 Å². The third-order valence-corrected chi connectivity index (χ3v) is 5.26. The Hall–Kier alpha value is -2.58. The highest BCUT2D eigenvalue weighted by atomic mass is 79.9. The van der Waals surface area contributed by atoms with Gasteiger partial charge in [-0.15, -0.1) is 0 Å². The molecule has 0 bridgehead atoms. The summed E-state index contributed by atoms with van der Waals surface area (Å²) < 4.78 is 17.6. The maximum Gasteiger partial charge on any atom is 0.260 e. The van der Waals surface area contributed by atoms with E-state index in [1.165, 1.54) is 0 Å². The minimum Gasteiger partial charge on any atom is -0.490 e. The predicted octanol–water partition coefficient (Wildman–Crippen LogP) is 3.63. The standard InChI is InChI=1S/C21H22BrN3O4/c1-2-28-18-12-14(21-23-16-5-3-4-6-17(16)24-21)11-15(22)20(18)29-13-19(26)25-7-9-27-10-8-25/h3-6,11-12H,2,7-10,13H2,1H3,(H,23,24). The Bertz CT molecular complexity index is 981. The van der Waals surface area contributed by atoms with Crippen LogP contribution in [-0.2, 0) is 9.53 Å². The molecule has 0 radical (unpaired) electrons. The van der Waals surface area contributed by atoms with Crippen LogP contribution in [0.1, 0.15) is 6.92 Å². The molecule has 152 valence electrons. The number of hydrogen-bond donors (Lipinski definition) is 1. The molecule has 1 aliphatic heterocycles. The first-order valence-electron chi connectivity index (χ1n) is 9.55. The molecule has 0 aliphatic carbocycles. The molecular weight excluding hydrogens is 438 g/mol. The number of imidazole rings is 1. The highest BCUT2D eigenvalue weighted by Crippen LogP contribution is 2.39. The van der Waals surface area contributed by atoms with Gasteiger partial charge in [0.05, 0.1) is 35.3 Å². The Balaban J connectivity index is 1.58. The van der Waals surface area contributed by atoms with E-state index in [1.807, 2.05) is 43.3 Å². The van der Waals surface area contributed by atoms with Crippen LogP contribution < -0.4 is 9.47 Å². The maximum atomic E-state index is 12.4. The summed E-state index contributed by atoms with van der Waals surface area (Å²) >= 11 is 3.56. The fraction of sp³-hybridized carbons (Fsp3) is 0.333. The number of nitrogens with zero attached hydrogens (tertiary/aromatic N) is 2. The second-order valence-electron chi connectivity index (χ2n) is 6.60. The van der Waals surface area contributed by atoms with Gasteiger partial charge in [0.1, 0.15) is 5.82 Å². The van der Waals surface area contributed by atoms with E-state index >= 15 is 0 Å². The lowest BCUT2D eigenvalue weighted by Gasteiger charge is -2.27. The molecular formula is C21H22BrN3O4. The molecule has 0 atom stereocenters. The van der Waals surface area contributed by atoms with Crippen LogP contribution in [0.5, 0.6) is 11.5 Å². The Morgan fingerprint density at radius 2 is 2.03 bits per heavy atom. The lowest BCUT2D eigenvalue weighted by molar-refractivity contribution is -0.137. The number of fused-ring (bicyclic) bond motifs is 1. The Morgan fingerprint density at radius 1 is 1.24 bits per heavy atom. The van der Waals surface area contributed by atoms with E-state index < -0.39 is 0 Å². The molecule has 1 fully saturated rings. The smallest absolute Gasteiger partial charge is 0.260 e. The van der Waals surface area contributed by atoms with Crippen LogP contribution >= 0.6 is 15.9 Å². The molecule has 2 heterocycles. The van der Waals surface area contributed by atoms with E-state index in [2.05, 4.69) is 25.9 Å². The number of hydrogen-bond acceptors (Lipinski definition) is 5. The second kappa shape index (κ2) is 8.84. The molecule has 1 aromatic heterocycles. The summed E-state index contributed by atoms with van der Waals surface area (Å²) in [6.07, 6.45) is 0. The molecule has 3 aromatic rings. The lowest BCUT2D eigenvalue weighted by atomic mass is 10.2. The van der Waals surface area contributed by atoms with E-state index in [4.69, 9.17) is 14.2 Å². The maximum absolute atomic E-state index is 12.4. The zero-order valence-electron chi connectivity index (χ0n) is 16.1. The molecule has 0 unspecified atom stereocenters. The van der Waals surface area contributed by atoms with Gasteiger partial charge in [0.2, 0.25) is 0 Å². The van der Waals surface area contributed by atoms with Gasteiger partial charge in [-0.05, 0) is 47.1 Å². The van der Waals surface area contributed by atoms with E-state index in [0.717, 1.165) is 22.4 Å². The van der Waals surface area contributed by atoms with E-state index in [1.54, 1.807) is 4.90 Å². The van der Waals surface area contributed by atoms with Crippen LogP contribution in [0.2, 0.25) is 0 Å². The normalized spacial score (nSPS) is 14.2. The molecule has 0 saturated carbocycles. The Labute approximate surface area is 177 Å². The minimum atomic E-state index is -0.0657. The molecule has 1 saturated heterocycles. The van der Waals surface area contributed by atoms with Crippen LogP contribution in [0, 0.1) is 0 Å². The van der Waals surface area contributed by atoms with Crippen LogP contribution in [-0.4, -0.2) is 60.3 Å². The highest BCUT2D eigenvalue weighted by Gasteiger charge is 2.20. The largest absolute Gasteiger partial charge is 0.490 e. The summed E-state index contributed by atoms with van der Waals surface area (Å²) in [4.78, 5) is 22.1. The van der Waals surface area contributed by atoms with Crippen LogP contribution in [0.3, 0.4) is 0 Å². The van der Waals surface area contributed by atoms with Crippen molar-refractivity contribution in [3.05, 3.63) is 40.9 Å². The average Bonchev–Trinajstić information content (AvgIpc) is 3.18. The molecule has 1 amide bonds. The zero-order valence-corrected chi connectivity index (χ0v) is 17.7. The molecule has 29 heavy (non-hydrogen) atoms. The number of ether oxygens (including phenoxy) is 3. The lowest BCUT2D eigenvalue weighted by Crippen LogP contribution is -2.43. The quantitative estimate of drug-likeness (QED) is 0.608. The zero-order chi connectivity index (χ0) is 20.2. The Kier molecular flexibility index (Phi) is 6.01. The number of aromatic amines is 1. The van der Waals surface area contributed by atoms with Gasteiger partial charge in [-0.1, -0.05) is 12.1 Å². The molecule has 0 spiro atoms. The summed E-state index contributed by atoms with van der Waals surface area (Å²) in [5, 5.41) is 0. The first-order chi connectivity index (χ1) is 14.2. The van der Waals surface area contributed by atoms with Crippen molar-refractivity contribution in [3.63, 3.8) is 0 Å². The molecule has 7 nitrogen and oxygen atoms in total. The van der Waals surface area contributed by atoms with Gasteiger partial charge in [-0.2, -0.15) is 0 Å². The Morgan fingerprint density at radius 3 is 2.79 bits per heavy atom. The SMILES string of the molecule is CCOc1cc(-c2nc3ccccc3[nH]2)cc(Br)c1OCC(=O)N1CCOCC1. The van der Waals surface area contributed by atoms with Crippen LogP contribution in [0.25, 0.3) is 22.4 Å². The van der Waals surface area contributed by atoms with Gasteiger partial charge in [0.15, 0.2) is 18.1 Å². The molecule has 4 rings (SSSR count). The molecule has 8 heteroatoms. The second-order valence-corrected chi connectivity index (χ2v) is 7.46. The number of halogens is 1. The number of para-hydroxylation sites is 2. The summed E-state index contributed by atoms with van der Waals surface area (Å²) in [6, 6.07) is 11.7. The number of nitrogens with one attached hydrogen (secondary N) is 1. The molecule has 2 aromatic carbocycles. The van der Waals surface area contributed by atoms with Crippen molar-refractivity contribution < 1.29 is 19.0 Å². The first-order valence-corrected chi connectivity index (χ1v) is 10.3. The monoisotopic (exact) mass is 459 g/mol. The fourth-order valence-corrected chi connectivity index (χ4v) is 3.79. The van der Waals surface area contributed by atoms with Crippen LogP contribution in [0.4, 0.5) is 0 Å². The number of rotatable bonds is 6. The third kappa shape index (κ3) is 4.38. The number of H-pyrrole nitrogens is 1. The number of aromatic nitrogens is 2. The summed E-state index contributed by atoms with van der Waals surface area (Å²) in [6.45, 7) is 4.63. The average molecular weight is 460 g/mol. The summed E-state index contributed by atoms with van der Waals surface area (Å²) in [7, 11) is 0. The molecule has 1 aliphatic rings. The van der Waals surface area contributed by atoms with Gasteiger partial charge < -0.3 is 24.1 Å². The van der Waals surface area contributed by atoms with Crippen molar-refractivity contribution in [1.29, 1.82) is 0 Å². The highest BCUT2D eigenvalue weighted by molar-refractivity contribution is 9.10. The number of carbonyl (C=O) groups excluding carboxylic acids is 1. The number of amides is 1. The summed E-state index contributed by atoms with van der Waals surface area (Å²) in [5.41, 5.74) is 2.73. The van der Waals surface area contributed by atoms with Gasteiger partial charge in [-0.3, -0.25) is 4.79 Å². The predicted molar refractivity (Wildman–Crippen MR) is 113 cm³/mol. The van der Waals surface area contributed by atoms with Gasteiger partial charge in [0.25, 0.3) is 5.91 Å². The van der Waals surface area contributed by atoms with E-state index in [9.17, 15) is 4.79 Å². The van der Waals surface area contributed by atoms with Crippen LogP contribution in [0.15, 0.2) is 40.9 Å². The van der Waals surface area contributed by atoms with E-state index in [-0.39, 0.29) is 12.5 Å². The van der Waals surface area contributed by atoms with Gasteiger partial charge in [0, 0.05) is 18.7 Å². The minimum absolute atomic E-state index is 0.0529. The molecule has 1 N–H and O–H groups in total. The number of morpholine rings is 1. The van der Waals surface area contributed by atoms with Crippen molar-refractivity contribution in [2.24, 2.45) is 0 Å². The fourth-order valence-electron chi connectivity index (χ4n) is 3.24. The van der Waals surface area contributed by atoms with Gasteiger partial charge in [-0.25, -0.2) is 4.98 Å². The van der Waals surface area contributed by atoms with Crippen molar-refractivity contribution in [2.45, 2.75) is 6.92 Å². The topological polar surface area (TPSA) is 76.7 Å². The summed E-state index contributed by atoms with van der Waals surface area (Å²) in [5.74, 6) is 1.74. The van der Waals surface area contributed by atoms with Crippen molar-refractivity contribution >= 4 is 32.9 Å². The number of carbonyl (C=O) groups is 1. The van der Waals surface area contributed by atoms with Crippen molar-refractivity contribution in [1.82, 2.24) is 14.9 Å². The van der Waals surface area contributed by atoms with E-state index in [0.29, 0.717) is 48.9 Å².